The fourth-order valence-corrected chi connectivity index (χ4v) is 0.736. The highest BCUT2D eigenvalue weighted by Crippen LogP contribution is 2.05. The van der Waals surface area contributed by atoms with Crippen molar-refractivity contribution >= 4 is 11.6 Å². The molecular weight excluding hydrogens is 166 g/mol. The number of hydrogen-bond donors (Lipinski definition) is 2. The number of nitrogens with zero attached hydrogens (tertiary/aromatic N) is 1. The lowest BCUT2D eigenvalue weighted by Gasteiger charge is -1.93. The van der Waals surface area contributed by atoms with Crippen LogP contribution in [0.1, 0.15) is 12.0 Å². The van der Waals surface area contributed by atoms with E-state index in [9.17, 15) is 4.79 Å². The van der Waals surface area contributed by atoms with Crippen LogP contribution in [0.4, 0.5) is 5.69 Å². The molecule has 66 valence electrons. The van der Waals surface area contributed by atoms with Gasteiger partial charge in [-0.3, -0.25) is 9.78 Å². The van der Waals surface area contributed by atoms with Crippen LogP contribution in [-0.4, -0.2) is 10.9 Å². The van der Waals surface area contributed by atoms with E-state index in [1.54, 1.807) is 18.5 Å². The van der Waals surface area contributed by atoms with Crippen molar-refractivity contribution < 1.29 is 4.79 Å². The third kappa shape index (κ3) is 2.83. The lowest BCUT2D eigenvalue weighted by atomic mass is 10.2. The summed E-state index contributed by atoms with van der Waals surface area (Å²) in [4.78, 5) is 14.2. The third-order valence-corrected chi connectivity index (χ3v) is 1.34. The highest BCUT2D eigenvalue weighted by Gasteiger charge is 1.92. The van der Waals surface area contributed by atoms with Crippen LogP contribution >= 0.6 is 0 Å². The van der Waals surface area contributed by atoms with Crippen molar-refractivity contribution in [2.45, 2.75) is 6.42 Å². The van der Waals surface area contributed by atoms with Crippen LogP contribution in [0.2, 0.25) is 0 Å². The minimum absolute atomic E-state index is 0.0360. The molecule has 0 spiro atoms. The molecule has 1 heterocycles. The second kappa shape index (κ2) is 4.12. The molecule has 0 aliphatic carbocycles. The topological polar surface area (TPSA) is 82.0 Å². The van der Waals surface area contributed by atoms with Gasteiger partial charge >= 0.3 is 0 Å². The number of anilines is 1. The van der Waals surface area contributed by atoms with E-state index in [2.05, 4.69) is 16.8 Å². The number of primary amides is 1. The van der Waals surface area contributed by atoms with E-state index in [4.69, 9.17) is 11.5 Å². The highest BCUT2D eigenvalue weighted by atomic mass is 16.1. The summed E-state index contributed by atoms with van der Waals surface area (Å²) >= 11 is 0. The van der Waals surface area contributed by atoms with Gasteiger partial charge in [0.1, 0.15) is 0 Å². The number of hydrogen-bond acceptors (Lipinski definition) is 3. The Labute approximate surface area is 76.0 Å². The van der Waals surface area contributed by atoms with Gasteiger partial charge in [0.05, 0.1) is 17.7 Å². The van der Waals surface area contributed by atoms with Crippen LogP contribution in [0.25, 0.3) is 0 Å². The van der Waals surface area contributed by atoms with E-state index in [0.29, 0.717) is 11.3 Å². The van der Waals surface area contributed by atoms with Crippen LogP contribution in [0.5, 0.6) is 0 Å². The van der Waals surface area contributed by atoms with Gasteiger partial charge in [-0.25, -0.2) is 0 Å². The predicted octanol–water partition coefficient (Wildman–Crippen LogP) is -0.109. The van der Waals surface area contributed by atoms with Crippen LogP contribution in [-0.2, 0) is 4.79 Å². The molecule has 0 fully saturated rings. The maximum Gasteiger partial charge on any atom is 0.229 e. The standard InChI is InChI=1S/C9H9N3O/c10-8-4-5-12-6-7(8)2-1-3-9(11)13/h4-6H,3H2,(H2,10,12)(H2,11,13). The molecule has 0 atom stereocenters. The van der Waals surface area contributed by atoms with Crippen molar-refractivity contribution in [2.24, 2.45) is 5.73 Å². The molecule has 4 nitrogen and oxygen atoms in total. The Morgan fingerprint density at radius 2 is 2.38 bits per heavy atom. The molecular formula is C9H9N3O. The molecule has 0 saturated heterocycles. The Morgan fingerprint density at radius 3 is 3.00 bits per heavy atom. The number of nitrogen functional groups attached to an aromatic ring is 1. The molecule has 0 bridgehead atoms. The van der Waals surface area contributed by atoms with Gasteiger partial charge in [0.15, 0.2) is 0 Å². The summed E-state index contributed by atoms with van der Waals surface area (Å²) in [5, 5.41) is 0. The number of amides is 1. The van der Waals surface area contributed by atoms with E-state index >= 15 is 0 Å². The van der Waals surface area contributed by atoms with Gasteiger partial charge in [-0.2, -0.15) is 0 Å². The summed E-state index contributed by atoms with van der Waals surface area (Å²) in [5.41, 5.74) is 11.6. The highest BCUT2D eigenvalue weighted by molar-refractivity contribution is 5.76. The smallest absolute Gasteiger partial charge is 0.229 e. The first kappa shape index (κ1) is 9.07. The van der Waals surface area contributed by atoms with Crippen molar-refractivity contribution in [1.29, 1.82) is 0 Å². The summed E-state index contributed by atoms with van der Waals surface area (Å²) in [6, 6.07) is 1.65. The zero-order chi connectivity index (χ0) is 9.68. The zero-order valence-corrected chi connectivity index (χ0v) is 6.95. The van der Waals surface area contributed by atoms with E-state index in [0.717, 1.165) is 0 Å². The van der Waals surface area contributed by atoms with Crippen LogP contribution in [0.15, 0.2) is 18.5 Å². The molecule has 4 heteroatoms. The molecule has 0 aliphatic rings. The largest absolute Gasteiger partial charge is 0.398 e. The number of aromatic nitrogens is 1. The average molecular weight is 175 g/mol. The fourth-order valence-electron chi connectivity index (χ4n) is 0.736. The number of pyridine rings is 1. The van der Waals surface area contributed by atoms with E-state index in [1.807, 2.05) is 0 Å². The monoisotopic (exact) mass is 175 g/mol. The summed E-state index contributed by atoms with van der Waals surface area (Å²) in [5.74, 6) is 4.85. The molecule has 0 aromatic carbocycles. The Kier molecular flexibility index (Phi) is 2.87. The molecule has 0 radical (unpaired) electrons. The average Bonchev–Trinajstić information content (AvgIpc) is 2.08. The predicted molar refractivity (Wildman–Crippen MR) is 49.3 cm³/mol. The van der Waals surface area contributed by atoms with Gasteiger partial charge in [0.25, 0.3) is 0 Å². The van der Waals surface area contributed by atoms with Crippen molar-refractivity contribution in [1.82, 2.24) is 4.98 Å². The maximum atomic E-state index is 10.3. The molecule has 1 aromatic heterocycles. The zero-order valence-electron chi connectivity index (χ0n) is 6.95. The van der Waals surface area contributed by atoms with Crippen LogP contribution in [0.3, 0.4) is 0 Å². The summed E-state index contributed by atoms with van der Waals surface area (Å²) in [6.07, 6.45) is 3.16. The SMILES string of the molecule is NC(=O)CC#Cc1cnccc1N. The summed E-state index contributed by atoms with van der Waals surface area (Å²) < 4.78 is 0. The number of nitrogens with two attached hydrogens (primary N) is 2. The number of carbonyl (C=O) groups is 1. The first-order chi connectivity index (χ1) is 6.20. The lowest BCUT2D eigenvalue weighted by molar-refractivity contribution is -0.117. The number of rotatable bonds is 1. The molecule has 4 N–H and O–H groups in total. The van der Waals surface area contributed by atoms with Crippen LogP contribution in [0, 0.1) is 11.8 Å². The summed E-state index contributed by atoms with van der Waals surface area (Å²) in [6.45, 7) is 0. The van der Waals surface area contributed by atoms with Gasteiger partial charge in [0.2, 0.25) is 5.91 Å². The Hall–Kier alpha value is -2.02. The molecule has 0 unspecified atom stereocenters. The molecule has 1 rings (SSSR count). The van der Waals surface area contributed by atoms with Gasteiger partial charge in [-0.1, -0.05) is 11.8 Å². The Bertz CT molecular complexity index is 376. The Morgan fingerprint density at radius 1 is 1.62 bits per heavy atom. The minimum Gasteiger partial charge on any atom is -0.398 e. The second-order valence-corrected chi connectivity index (χ2v) is 2.41. The second-order valence-electron chi connectivity index (χ2n) is 2.41. The normalized spacial score (nSPS) is 8.62. The maximum absolute atomic E-state index is 10.3. The lowest BCUT2D eigenvalue weighted by Crippen LogP contribution is -2.08. The molecule has 1 aromatic rings. The third-order valence-electron chi connectivity index (χ3n) is 1.34. The Balaban J connectivity index is 2.77. The number of carbonyl (C=O) groups excluding carboxylic acids is 1. The molecule has 0 saturated carbocycles. The van der Waals surface area contributed by atoms with Crippen molar-refractivity contribution in [3.8, 4) is 11.8 Å². The van der Waals surface area contributed by atoms with E-state index < -0.39 is 5.91 Å². The van der Waals surface area contributed by atoms with Crippen molar-refractivity contribution in [3.05, 3.63) is 24.0 Å². The molecule has 13 heavy (non-hydrogen) atoms. The van der Waals surface area contributed by atoms with Gasteiger partial charge in [-0.05, 0) is 6.07 Å². The van der Waals surface area contributed by atoms with Crippen molar-refractivity contribution in [2.75, 3.05) is 5.73 Å². The first-order valence-electron chi connectivity index (χ1n) is 3.67. The van der Waals surface area contributed by atoms with E-state index in [1.165, 1.54) is 0 Å². The minimum atomic E-state index is -0.449. The first-order valence-corrected chi connectivity index (χ1v) is 3.67. The molecule has 0 aliphatic heterocycles. The quantitative estimate of drug-likeness (QED) is 0.584. The van der Waals surface area contributed by atoms with Gasteiger partial charge in [-0.15, -0.1) is 0 Å². The molecule has 1 amide bonds. The van der Waals surface area contributed by atoms with Gasteiger partial charge < -0.3 is 11.5 Å². The van der Waals surface area contributed by atoms with Gasteiger partial charge in [0, 0.05) is 12.4 Å². The van der Waals surface area contributed by atoms with Crippen molar-refractivity contribution in [3.63, 3.8) is 0 Å². The van der Waals surface area contributed by atoms with Crippen LogP contribution < -0.4 is 11.5 Å². The fraction of sp³-hybridized carbons (Fsp3) is 0.111. The summed E-state index contributed by atoms with van der Waals surface area (Å²) in [7, 11) is 0. The van der Waals surface area contributed by atoms with E-state index in [-0.39, 0.29) is 6.42 Å².